The van der Waals surface area contributed by atoms with E-state index in [1.807, 2.05) is 18.2 Å². The molecule has 0 spiro atoms. The van der Waals surface area contributed by atoms with E-state index in [0.717, 1.165) is 28.9 Å². The average Bonchev–Trinajstić information content (AvgIpc) is 3.16. The zero-order chi connectivity index (χ0) is 25.1. The molecule has 3 aromatic rings. The number of fused-ring (bicyclic) bond motifs is 5. The number of cyclic esters (lactones) is 1. The Labute approximate surface area is 233 Å². The Bertz CT molecular complexity index is 1470. The van der Waals surface area contributed by atoms with E-state index in [1.54, 1.807) is 17.6 Å². The molecule has 0 saturated carbocycles. The third-order valence-corrected chi connectivity index (χ3v) is 9.25. The SMILES string of the molecule is CC[C@@]1(O[P+](=O)[O-])C(=O)OCc2c1cc1n(c2=O)Cc2c-1nc1ccccc1c2CC[Si](C)(C)C.[Na+]. The molecule has 1 unspecified atom stereocenters. The van der Waals surface area contributed by atoms with Crippen LogP contribution in [0.2, 0.25) is 25.7 Å². The van der Waals surface area contributed by atoms with Gasteiger partial charge in [0, 0.05) is 24.6 Å². The topological polar surface area (TPSA) is 111 Å². The predicted octanol–water partition coefficient (Wildman–Crippen LogP) is 1.01. The first-order valence-corrected chi connectivity index (χ1v) is 16.5. The van der Waals surface area contributed by atoms with Crippen LogP contribution in [0.5, 0.6) is 0 Å². The van der Waals surface area contributed by atoms with Crippen LogP contribution >= 0.6 is 8.25 Å². The van der Waals surface area contributed by atoms with Gasteiger partial charge in [-0.05, 0) is 35.1 Å². The van der Waals surface area contributed by atoms with Crippen LogP contribution in [0.4, 0.5) is 0 Å². The third-order valence-electron chi connectivity index (χ3n) is 7.04. The summed E-state index contributed by atoms with van der Waals surface area (Å²) in [7, 11) is -4.70. The quantitative estimate of drug-likeness (QED) is 0.207. The largest absolute Gasteiger partial charge is 1.00 e. The van der Waals surface area contributed by atoms with Crippen molar-refractivity contribution < 1.29 is 53.1 Å². The van der Waals surface area contributed by atoms with E-state index < -0.39 is 27.9 Å². The van der Waals surface area contributed by atoms with Crippen molar-refractivity contribution in [3.8, 4) is 11.4 Å². The summed E-state index contributed by atoms with van der Waals surface area (Å²) in [5.41, 5.74) is 2.62. The van der Waals surface area contributed by atoms with Crippen molar-refractivity contribution in [3.05, 3.63) is 62.9 Å². The van der Waals surface area contributed by atoms with Crippen LogP contribution in [-0.4, -0.2) is 23.6 Å². The Balaban J connectivity index is 0.00000304. The molecule has 2 aliphatic rings. The zero-order valence-corrected chi connectivity index (χ0v) is 25.1. The maximum absolute atomic E-state index is 13.6. The Hall–Kier alpha value is -1.71. The minimum atomic E-state index is -3.36. The van der Waals surface area contributed by atoms with E-state index in [2.05, 4.69) is 25.7 Å². The average molecular weight is 534 g/mol. The molecule has 2 aliphatic heterocycles. The molecular formula is C25H27N2NaO6PSi+. The van der Waals surface area contributed by atoms with Gasteiger partial charge in [-0.3, -0.25) is 4.79 Å². The number of carbonyl (C=O) groups excluding carboxylic acids is 1. The first-order chi connectivity index (χ1) is 16.6. The fourth-order valence-electron chi connectivity index (χ4n) is 5.17. The number of hydrogen-bond donors (Lipinski definition) is 0. The molecule has 0 fully saturated rings. The number of pyridine rings is 2. The van der Waals surface area contributed by atoms with Crippen LogP contribution in [0.3, 0.4) is 0 Å². The van der Waals surface area contributed by atoms with Crippen molar-refractivity contribution in [2.45, 2.75) is 64.2 Å². The summed E-state index contributed by atoms with van der Waals surface area (Å²) in [5, 5.41) is 1.09. The molecule has 0 radical (unpaired) electrons. The summed E-state index contributed by atoms with van der Waals surface area (Å²) in [5.74, 6) is -0.809. The Morgan fingerprint density at radius 1 is 1.22 bits per heavy atom. The molecule has 2 aromatic heterocycles. The second kappa shape index (κ2) is 9.87. The molecule has 36 heavy (non-hydrogen) atoms. The van der Waals surface area contributed by atoms with Crippen LogP contribution in [0.1, 0.15) is 35.6 Å². The van der Waals surface area contributed by atoms with E-state index in [1.165, 1.54) is 5.56 Å². The van der Waals surface area contributed by atoms with E-state index in [0.29, 0.717) is 17.9 Å². The smallest absolute Gasteiger partial charge is 0.566 e. The molecule has 1 aromatic carbocycles. The van der Waals surface area contributed by atoms with Crippen molar-refractivity contribution in [3.63, 3.8) is 0 Å². The maximum Gasteiger partial charge on any atom is 1.00 e. The summed E-state index contributed by atoms with van der Waals surface area (Å²) in [4.78, 5) is 42.9. The summed E-state index contributed by atoms with van der Waals surface area (Å²) < 4.78 is 23.6. The van der Waals surface area contributed by atoms with Gasteiger partial charge in [0.05, 0.1) is 29.0 Å². The fraction of sp³-hybridized carbons (Fsp3) is 0.400. The van der Waals surface area contributed by atoms with Crippen molar-refractivity contribution in [2.24, 2.45) is 0 Å². The Kier molecular flexibility index (Phi) is 7.49. The molecule has 0 bridgehead atoms. The molecule has 11 heteroatoms. The minimum absolute atomic E-state index is 0. The summed E-state index contributed by atoms with van der Waals surface area (Å²) in [6, 6.07) is 10.8. The molecule has 5 rings (SSSR count). The standard InChI is InChI=1S/C25H27N2O6PSi.Na/c1-5-25(33-34(30)31)19-12-21-22-17(13-27(21)23(28)18(19)14-32-24(25)29)15(10-11-35(2,3)4)16-8-6-7-9-20(16)26-22;/h6-9,12H,5,10-11,13-14H2,1-4H3;/q;+1/t25-;/m0./s1. The maximum atomic E-state index is 13.6. The van der Waals surface area contributed by atoms with Gasteiger partial charge in [0.25, 0.3) is 5.56 Å². The van der Waals surface area contributed by atoms with E-state index >= 15 is 0 Å². The van der Waals surface area contributed by atoms with Gasteiger partial charge in [0.1, 0.15) is 6.61 Å². The molecular weight excluding hydrogens is 506 g/mol. The normalized spacial score (nSPS) is 18.7. The monoisotopic (exact) mass is 533 g/mol. The number of hydrogen-bond acceptors (Lipinski definition) is 7. The number of aromatic nitrogens is 2. The number of para-hydroxylation sites is 1. The van der Waals surface area contributed by atoms with Gasteiger partial charge in [-0.25, -0.2) is 9.78 Å². The third kappa shape index (κ3) is 4.45. The molecule has 182 valence electrons. The van der Waals surface area contributed by atoms with E-state index in [9.17, 15) is 19.0 Å². The van der Waals surface area contributed by atoms with Crippen LogP contribution in [0.15, 0.2) is 35.1 Å². The number of esters is 1. The first kappa shape index (κ1) is 27.3. The molecule has 8 nitrogen and oxygen atoms in total. The van der Waals surface area contributed by atoms with Crippen molar-refractivity contribution >= 4 is 33.2 Å². The predicted molar refractivity (Wildman–Crippen MR) is 133 cm³/mol. The van der Waals surface area contributed by atoms with Gasteiger partial charge >= 0.3 is 43.8 Å². The number of rotatable bonds is 6. The number of ether oxygens (including phenoxy) is 1. The summed E-state index contributed by atoms with van der Waals surface area (Å²) in [6.45, 7) is 8.81. The number of nitrogens with zero attached hydrogens (tertiary/aromatic N) is 2. The molecule has 0 saturated heterocycles. The zero-order valence-electron chi connectivity index (χ0n) is 21.2. The van der Waals surface area contributed by atoms with Crippen molar-refractivity contribution in [1.29, 1.82) is 0 Å². The van der Waals surface area contributed by atoms with Gasteiger partial charge in [-0.1, -0.05) is 50.8 Å². The molecule has 0 amide bonds. The number of benzene rings is 1. The van der Waals surface area contributed by atoms with Crippen LogP contribution in [0.25, 0.3) is 22.3 Å². The van der Waals surface area contributed by atoms with Crippen LogP contribution < -0.4 is 40.0 Å². The van der Waals surface area contributed by atoms with Gasteiger partial charge in [-0.15, -0.1) is 4.52 Å². The van der Waals surface area contributed by atoms with E-state index in [-0.39, 0.29) is 59.3 Å². The second-order valence-electron chi connectivity index (χ2n) is 10.4. The minimum Gasteiger partial charge on any atom is -0.566 e. The van der Waals surface area contributed by atoms with Gasteiger partial charge < -0.3 is 14.2 Å². The molecule has 0 N–H and O–H groups in total. The van der Waals surface area contributed by atoms with Crippen LogP contribution in [-0.2, 0) is 43.8 Å². The molecule has 0 aliphatic carbocycles. The molecule has 4 heterocycles. The van der Waals surface area contributed by atoms with E-state index in [4.69, 9.17) is 14.2 Å². The number of carbonyl (C=O) groups is 1. The second-order valence-corrected chi connectivity index (χ2v) is 16.6. The summed E-state index contributed by atoms with van der Waals surface area (Å²) >= 11 is 0. The van der Waals surface area contributed by atoms with Gasteiger partial charge in [0.2, 0.25) is 5.60 Å². The summed E-state index contributed by atoms with van der Waals surface area (Å²) in [6.07, 6.45) is 0.897. The molecule has 2 atom stereocenters. The van der Waals surface area contributed by atoms with Crippen LogP contribution in [0, 0.1) is 0 Å². The Morgan fingerprint density at radius 3 is 2.61 bits per heavy atom. The first-order valence-electron chi connectivity index (χ1n) is 11.7. The van der Waals surface area contributed by atoms with Crippen molar-refractivity contribution in [2.75, 3.05) is 0 Å². The Morgan fingerprint density at radius 2 is 1.94 bits per heavy atom. The fourth-order valence-corrected chi connectivity index (χ4v) is 6.72. The van der Waals surface area contributed by atoms with Gasteiger partial charge in [0.15, 0.2) is 0 Å². The van der Waals surface area contributed by atoms with Crippen molar-refractivity contribution in [1.82, 2.24) is 9.55 Å². The van der Waals surface area contributed by atoms with Gasteiger partial charge in [-0.2, -0.15) is 0 Å². The number of aryl methyl sites for hydroxylation is 1.